The predicted octanol–water partition coefficient (Wildman–Crippen LogP) is 1.79. The third-order valence-electron chi connectivity index (χ3n) is 2.89. The average Bonchev–Trinajstić information content (AvgIpc) is 2.84. The van der Waals surface area contributed by atoms with E-state index in [4.69, 9.17) is 0 Å². The topological polar surface area (TPSA) is 59.8 Å². The third kappa shape index (κ3) is 4.19. The second kappa shape index (κ2) is 6.84. The van der Waals surface area contributed by atoms with Crippen molar-refractivity contribution in [2.24, 2.45) is 5.92 Å². The van der Waals surface area contributed by atoms with Crippen LogP contribution in [0.4, 0.5) is 0 Å². The molecule has 5 nitrogen and oxygen atoms in total. The number of imidazole rings is 1. The van der Waals surface area contributed by atoms with Gasteiger partial charge in [-0.25, -0.2) is 4.98 Å². The molecule has 2 aromatic rings. The quantitative estimate of drug-likeness (QED) is 0.872. The Morgan fingerprint density at radius 3 is 2.95 bits per heavy atom. The first-order valence-electron chi connectivity index (χ1n) is 6.80. The van der Waals surface area contributed by atoms with Gasteiger partial charge in [0.1, 0.15) is 0 Å². The highest BCUT2D eigenvalue weighted by Gasteiger charge is 2.07. The van der Waals surface area contributed by atoms with Crippen molar-refractivity contribution >= 4 is 5.91 Å². The zero-order chi connectivity index (χ0) is 14.4. The van der Waals surface area contributed by atoms with Crippen LogP contribution in [-0.4, -0.2) is 20.4 Å². The average molecular weight is 272 g/mol. The smallest absolute Gasteiger partial charge is 0.226 e. The van der Waals surface area contributed by atoms with Gasteiger partial charge in [0.15, 0.2) is 0 Å². The van der Waals surface area contributed by atoms with E-state index in [9.17, 15) is 4.79 Å². The molecule has 2 rings (SSSR count). The third-order valence-corrected chi connectivity index (χ3v) is 2.89. The van der Waals surface area contributed by atoms with Crippen LogP contribution >= 0.6 is 0 Å². The number of carbonyl (C=O) groups excluding carboxylic acids is 1. The van der Waals surface area contributed by atoms with Crippen molar-refractivity contribution in [3.8, 4) is 0 Å². The zero-order valence-corrected chi connectivity index (χ0v) is 11.9. The normalized spacial score (nSPS) is 10.8. The van der Waals surface area contributed by atoms with E-state index in [1.165, 1.54) is 0 Å². The number of aromatic nitrogens is 3. The van der Waals surface area contributed by atoms with Crippen molar-refractivity contribution in [1.29, 1.82) is 0 Å². The van der Waals surface area contributed by atoms with Crippen LogP contribution in [0.25, 0.3) is 0 Å². The zero-order valence-electron chi connectivity index (χ0n) is 11.9. The molecule has 20 heavy (non-hydrogen) atoms. The molecule has 0 unspecified atom stereocenters. The van der Waals surface area contributed by atoms with Gasteiger partial charge in [0.05, 0.1) is 25.0 Å². The highest BCUT2D eigenvalue weighted by molar-refractivity contribution is 5.77. The molecule has 0 aliphatic carbocycles. The lowest BCUT2D eigenvalue weighted by molar-refractivity contribution is -0.120. The summed E-state index contributed by atoms with van der Waals surface area (Å²) in [7, 11) is 0. The van der Waals surface area contributed by atoms with Crippen LogP contribution < -0.4 is 5.32 Å². The lowest BCUT2D eigenvalue weighted by Crippen LogP contribution is -2.26. The number of rotatable bonds is 6. The highest BCUT2D eigenvalue weighted by atomic mass is 16.1. The Hall–Kier alpha value is -2.17. The molecule has 0 spiro atoms. The summed E-state index contributed by atoms with van der Waals surface area (Å²) in [4.78, 5) is 20.1. The van der Waals surface area contributed by atoms with E-state index in [-0.39, 0.29) is 5.91 Å². The van der Waals surface area contributed by atoms with Crippen LogP contribution in [0.1, 0.15) is 25.2 Å². The molecule has 1 amide bonds. The standard InChI is InChI=1S/C15H20N4O/c1-12(2)10-19-11-16-8-14(19)9-18-15(20)7-13-5-3-4-6-17-13/h3-6,8,11-12H,7,9-10H2,1-2H3,(H,18,20). The second-order valence-electron chi connectivity index (χ2n) is 5.21. The van der Waals surface area contributed by atoms with E-state index in [1.54, 1.807) is 18.7 Å². The Morgan fingerprint density at radius 2 is 2.25 bits per heavy atom. The van der Waals surface area contributed by atoms with Crippen LogP contribution in [0.15, 0.2) is 36.9 Å². The minimum Gasteiger partial charge on any atom is -0.350 e. The van der Waals surface area contributed by atoms with Gasteiger partial charge < -0.3 is 9.88 Å². The molecular weight excluding hydrogens is 252 g/mol. The summed E-state index contributed by atoms with van der Waals surface area (Å²) >= 11 is 0. The van der Waals surface area contributed by atoms with E-state index < -0.39 is 0 Å². The number of nitrogens with one attached hydrogen (secondary N) is 1. The largest absolute Gasteiger partial charge is 0.350 e. The SMILES string of the molecule is CC(C)Cn1cncc1CNC(=O)Cc1ccccn1. The van der Waals surface area contributed by atoms with Gasteiger partial charge in [0.25, 0.3) is 0 Å². The number of pyridine rings is 1. The first-order chi connectivity index (χ1) is 9.65. The lowest BCUT2D eigenvalue weighted by atomic mass is 10.2. The molecule has 0 radical (unpaired) electrons. The number of hydrogen-bond donors (Lipinski definition) is 1. The van der Waals surface area contributed by atoms with Crippen molar-refractivity contribution in [2.45, 2.75) is 33.4 Å². The predicted molar refractivity (Wildman–Crippen MR) is 76.9 cm³/mol. The molecule has 0 saturated heterocycles. The first kappa shape index (κ1) is 14.2. The van der Waals surface area contributed by atoms with Gasteiger partial charge in [0.2, 0.25) is 5.91 Å². The van der Waals surface area contributed by atoms with Crippen LogP contribution in [-0.2, 0) is 24.3 Å². The Bertz CT molecular complexity index is 548. The fraction of sp³-hybridized carbons (Fsp3) is 0.400. The maximum Gasteiger partial charge on any atom is 0.226 e. The molecule has 0 atom stereocenters. The summed E-state index contributed by atoms with van der Waals surface area (Å²) < 4.78 is 2.08. The molecule has 0 fully saturated rings. The minimum atomic E-state index is -0.0269. The maximum absolute atomic E-state index is 11.9. The molecule has 2 aromatic heterocycles. The van der Waals surface area contributed by atoms with Gasteiger partial charge in [-0.15, -0.1) is 0 Å². The summed E-state index contributed by atoms with van der Waals surface area (Å²) in [6.07, 6.45) is 5.60. The highest BCUT2D eigenvalue weighted by Crippen LogP contribution is 2.04. The van der Waals surface area contributed by atoms with Gasteiger partial charge in [-0.3, -0.25) is 9.78 Å². The summed E-state index contributed by atoms with van der Waals surface area (Å²) in [6, 6.07) is 5.57. The molecule has 5 heteroatoms. The number of amides is 1. The van der Waals surface area contributed by atoms with Crippen molar-refractivity contribution in [3.63, 3.8) is 0 Å². The Morgan fingerprint density at radius 1 is 1.40 bits per heavy atom. The fourth-order valence-corrected chi connectivity index (χ4v) is 1.97. The summed E-state index contributed by atoms with van der Waals surface area (Å²) in [5, 5.41) is 2.91. The minimum absolute atomic E-state index is 0.0269. The van der Waals surface area contributed by atoms with Crippen molar-refractivity contribution in [1.82, 2.24) is 19.9 Å². The van der Waals surface area contributed by atoms with Crippen LogP contribution in [0.5, 0.6) is 0 Å². The van der Waals surface area contributed by atoms with Crippen molar-refractivity contribution in [2.75, 3.05) is 0 Å². The maximum atomic E-state index is 11.9. The fourth-order valence-electron chi connectivity index (χ4n) is 1.97. The first-order valence-corrected chi connectivity index (χ1v) is 6.80. The summed E-state index contributed by atoms with van der Waals surface area (Å²) in [5.74, 6) is 0.521. The summed E-state index contributed by atoms with van der Waals surface area (Å²) in [5.41, 5.74) is 1.80. The molecule has 0 bridgehead atoms. The molecule has 0 saturated carbocycles. The van der Waals surface area contributed by atoms with Gasteiger partial charge in [-0.2, -0.15) is 0 Å². The number of carbonyl (C=O) groups is 1. The Labute approximate surface area is 119 Å². The van der Waals surface area contributed by atoms with Crippen LogP contribution in [0.2, 0.25) is 0 Å². The molecule has 0 aliphatic rings. The van der Waals surface area contributed by atoms with E-state index >= 15 is 0 Å². The van der Waals surface area contributed by atoms with Gasteiger partial charge >= 0.3 is 0 Å². The van der Waals surface area contributed by atoms with E-state index in [2.05, 4.69) is 33.7 Å². The van der Waals surface area contributed by atoms with Crippen LogP contribution in [0, 0.1) is 5.92 Å². The molecule has 0 aromatic carbocycles. The number of nitrogens with zero attached hydrogens (tertiary/aromatic N) is 3. The van der Waals surface area contributed by atoms with E-state index in [1.807, 2.05) is 18.2 Å². The van der Waals surface area contributed by atoms with Gasteiger partial charge in [0, 0.05) is 24.6 Å². The van der Waals surface area contributed by atoms with Crippen LogP contribution in [0.3, 0.4) is 0 Å². The molecule has 0 aliphatic heterocycles. The molecule has 1 N–H and O–H groups in total. The lowest BCUT2D eigenvalue weighted by Gasteiger charge is -2.11. The monoisotopic (exact) mass is 272 g/mol. The molecule has 2 heterocycles. The van der Waals surface area contributed by atoms with Gasteiger partial charge in [-0.05, 0) is 18.1 Å². The Kier molecular flexibility index (Phi) is 4.87. The van der Waals surface area contributed by atoms with Crippen molar-refractivity contribution < 1.29 is 4.79 Å². The van der Waals surface area contributed by atoms with E-state index in [0.717, 1.165) is 17.9 Å². The molecular formula is C15H20N4O. The van der Waals surface area contributed by atoms with E-state index in [0.29, 0.717) is 18.9 Å². The van der Waals surface area contributed by atoms with Gasteiger partial charge in [-0.1, -0.05) is 19.9 Å². The number of hydrogen-bond acceptors (Lipinski definition) is 3. The van der Waals surface area contributed by atoms with Crippen molar-refractivity contribution in [3.05, 3.63) is 48.3 Å². The second-order valence-corrected chi connectivity index (χ2v) is 5.21. The molecule has 106 valence electrons. The Balaban J connectivity index is 1.86. The summed E-state index contributed by atoms with van der Waals surface area (Å²) in [6.45, 7) is 5.72.